The number of hydrogen-bond acceptors (Lipinski definition) is 3. The highest BCUT2D eigenvalue weighted by atomic mass is 16.2. The summed E-state index contributed by atoms with van der Waals surface area (Å²) in [5.74, 6) is 0.162. The fourth-order valence-corrected chi connectivity index (χ4v) is 3.45. The van der Waals surface area contributed by atoms with Crippen LogP contribution in [0, 0.1) is 5.92 Å². The van der Waals surface area contributed by atoms with Crippen LogP contribution in [0.2, 0.25) is 0 Å². The van der Waals surface area contributed by atoms with E-state index in [0.717, 1.165) is 12.8 Å². The van der Waals surface area contributed by atoms with E-state index in [1.807, 2.05) is 0 Å². The molecule has 0 radical (unpaired) electrons. The quantitative estimate of drug-likeness (QED) is 0.642. The second kappa shape index (κ2) is 4.88. The zero-order valence-electron chi connectivity index (χ0n) is 10.6. The van der Waals surface area contributed by atoms with Gasteiger partial charge >= 0.3 is 0 Å². The van der Waals surface area contributed by atoms with E-state index in [2.05, 4.69) is 16.0 Å². The fourth-order valence-electron chi connectivity index (χ4n) is 3.45. The van der Waals surface area contributed by atoms with Crippen molar-refractivity contribution in [2.24, 2.45) is 5.92 Å². The highest BCUT2D eigenvalue weighted by Crippen LogP contribution is 2.27. The van der Waals surface area contributed by atoms with E-state index in [1.54, 1.807) is 0 Å². The van der Waals surface area contributed by atoms with Gasteiger partial charge in [-0.2, -0.15) is 0 Å². The maximum absolute atomic E-state index is 12.1. The van der Waals surface area contributed by atoms with E-state index in [0.29, 0.717) is 37.5 Å². The summed E-state index contributed by atoms with van der Waals surface area (Å²) in [7, 11) is 0. The minimum Gasteiger partial charge on any atom is -0.355 e. The minimum absolute atomic E-state index is 0.0322. The van der Waals surface area contributed by atoms with E-state index in [4.69, 9.17) is 0 Å². The molecule has 0 aliphatic carbocycles. The zero-order chi connectivity index (χ0) is 12.5. The highest BCUT2D eigenvalue weighted by Gasteiger charge is 2.35. The largest absolute Gasteiger partial charge is 0.355 e. The number of carbonyl (C=O) groups is 2. The van der Waals surface area contributed by atoms with E-state index in [9.17, 15) is 9.59 Å². The molecule has 2 amide bonds. The van der Waals surface area contributed by atoms with Crippen LogP contribution >= 0.6 is 0 Å². The fraction of sp³-hybridized carbons (Fsp3) is 0.846. The van der Waals surface area contributed by atoms with Crippen molar-refractivity contribution < 1.29 is 9.59 Å². The molecule has 3 N–H and O–H groups in total. The van der Waals surface area contributed by atoms with Gasteiger partial charge in [0.05, 0.1) is 5.92 Å². The predicted octanol–water partition coefficient (Wildman–Crippen LogP) is -0.0882. The topological polar surface area (TPSA) is 70.2 Å². The van der Waals surface area contributed by atoms with Gasteiger partial charge in [0.2, 0.25) is 11.8 Å². The molecule has 3 atom stereocenters. The standard InChI is InChI=1S/C13H21N3O2/c17-12-4-1-8(7-14-12)13(18)16-11-5-9-2-3-10(6-11)15-9/h8-11,15H,1-7H2,(H,14,17)(H,16,18). The van der Waals surface area contributed by atoms with Crippen LogP contribution in [-0.4, -0.2) is 36.5 Å². The molecule has 0 saturated carbocycles. The maximum Gasteiger partial charge on any atom is 0.225 e. The number of fused-ring (bicyclic) bond motifs is 2. The number of amides is 2. The highest BCUT2D eigenvalue weighted by molar-refractivity contribution is 5.83. The van der Waals surface area contributed by atoms with Gasteiger partial charge in [0.1, 0.15) is 0 Å². The van der Waals surface area contributed by atoms with Crippen LogP contribution in [0.1, 0.15) is 38.5 Å². The predicted molar refractivity (Wildman–Crippen MR) is 66.8 cm³/mol. The van der Waals surface area contributed by atoms with Crippen LogP contribution in [0.25, 0.3) is 0 Å². The Balaban J connectivity index is 1.50. The molecule has 0 aromatic carbocycles. The van der Waals surface area contributed by atoms with Gasteiger partial charge in [-0.1, -0.05) is 0 Å². The van der Waals surface area contributed by atoms with Crippen molar-refractivity contribution in [2.45, 2.75) is 56.7 Å². The molecule has 2 bridgehead atoms. The molecule has 3 unspecified atom stereocenters. The lowest BCUT2D eigenvalue weighted by Gasteiger charge is -2.31. The molecular formula is C13H21N3O2. The van der Waals surface area contributed by atoms with E-state index in [1.165, 1.54) is 12.8 Å². The Morgan fingerprint density at radius 3 is 2.50 bits per heavy atom. The summed E-state index contributed by atoms with van der Waals surface area (Å²) >= 11 is 0. The SMILES string of the molecule is O=C1CCC(C(=O)NC2CC3CCC(C2)N3)CN1. The second-order valence-corrected chi connectivity index (χ2v) is 5.85. The second-order valence-electron chi connectivity index (χ2n) is 5.85. The summed E-state index contributed by atoms with van der Waals surface area (Å²) in [6, 6.07) is 1.52. The van der Waals surface area contributed by atoms with Gasteiger partial charge in [0, 0.05) is 31.1 Å². The lowest BCUT2D eigenvalue weighted by Crippen LogP contribution is -2.51. The Morgan fingerprint density at radius 2 is 1.89 bits per heavy atom. The molecule has 3 heterocycles. The van der Waals surface area contributed by atoms with Crippen LogP contribution in [-0.2, 0) is 9.59 Å². The first-order valence-corrected chi connectivity index (χ1v) is 7.04. The van der Waals surface area contributed by atoms with Crippen molar-refractivity contribution in [2.75, 3.05) is 6.54 Å². The van der Waals surface area contributed by atoms with E-state index < -0.39 is 0 Å². The van der Waals surface area contributed by atoms with Gasteiger partial charge in [0.15, 0.2) is 0 Å². The van der Waals surface area contributed by atoms with Crippen molar-refractivity contribution in [1.82, 2.24) is 16.0 Å². The normalized spacial score (nSPS) is 39.2. The van der Waals surface area contributed by atoms with Gasteiger partial charge in [-0.05, 0) is 32.1 Å². The molecule has 5 nitrogen and oxygen atoms in total. The van der Waals surface area contributed by atoms with Crippen molar-refractivity contribution in [3.63, 3.8) is 0 Å². The summed E-state index contributed by atoms with van der Waals surface area (Å²) in [5.41, 5.74) is 0. The molecule has 0 aromatic rings. The number of nitrogens with one attached hydrogen (secondary N) is 3. The average molecular weight is 251 g/mol. The van der Waals surface area contributed by atoms with Gasteiger partial charge < -0.3 is 16.0 Å². The van der Waals surface area contributed by atoms with Gasteiger partial charge in [-0.3, -0.25) is 9.59 Å². The Hall–Kier alpha value is -1.10. The molecule has 3 aliphatic heterocycles. The van der Waals surface area contributed by atoms with Crippen LogP contribution < -0.4 is 16.0 Å². The van der Waals surface area contributed by atoms with E-state index >= 15 is 0 Å². The molecule has 3 aliphatic rings. The Bertz CT molecular complexity index is 336. The molecular weight excluding hydrogens is 230 g/mol. The lowest BCUT2D eigenvalue weighted by atomic mass is 9.95. The first-order valence-electron chi connectivity index (χ1n) is 7.04. The van der Waals surface area contributed by atoms with Crippen molar-refractivity contribution >= 4 is 11.8 Å². The van der Waals surface area contributed by atoms with Crippen LogP contribution in [0.4, 0.5) is 0 Å². The third-order valence-corrected chi connectivity index (χ3v) is 4.46. The molecule has 3 rings (SSSR count). The Labute approximate surface area is 107 Å². The van der Waals surface area contributed by atoms with Gasteiger partial charge in [-0.15, -0.1) is 0 Å². The molecule has 18 heavy (non-hydrogen) atoms. The summed E-state index contributed by atoms with van der Waals surface area (Å²) in [6.07, 6.45) is 5.78. The molecule has 0 spiro atoms. The zero-order valence-corrected chi connectivity index (χ0v) is 10.6. The minimum atomic E-state index is -0.0322. The molecule has 3 saturated heterocycles. The summed E-state index contributed by atoms with van der Waals surface area (Å²) in [4.78, 5) is 23.2. The molecule has 100 valence electrons. The lowest BCUT2D eigenvalue weighted by molar-refractivity contribution is -0.129. The third kappa shape index (κ3) is 2.51. The molecule has 5 heteroatoms. The third-order valence-electron chi connectivity index (χ3n) is 4.46. The monoisotopic (exact) mass is 251 g/mol. The summed E-state index contributed by atoms with van der Waals surface area (Å²) in [5, 5.41) is 9.51. The number of piperidine rings is 2. The first-order chi connectivity index (χ1) is 8.70. The van der Waals surface area contributed by atoms with Gasteiger partial charge in [0.25, 0.3) is 0 Å². The van der Waals surface area contributed by atoms with Gasteiger partial charge in [-0.25, -0.2) is 0 Å². The van der Waals surface area contributed by atoms with Crippen molar-refractivity contribution in [3.8, 4) is 0 Å². The Kier molecular flexibility index (Phi) is 3.24. The Morgan fingerprint density at radius 1 is 1.17 bits per heavy atom. The number of hydrogen-bond donors (Lipinski definition) is 3. The molecule has 0 aromatic heterocycles. The van der Waals surface area contributed by atoms with Crippen LogP contribution in [0.3, 0.4) is 0 Å². The van der Waals surface area contributed by atoms with Crippen LogP contribution in [0.15, 0.2) is 0 Å². The average Bonchev–Trinajstić information content (AvgIpc) is 2.69. The number of carbonyl (C=O) groups excluding carboxylic acids is 2. The van der Waals surface area contributed by atoms with E-state index in [-0.39, 0.29) is 17.7 Å². The maximum atomic E-state index is 12.1. The van der Waals surface area contributed by atoms with Crippen molar-refractivity contribution in [1.29, 1.82) is 0 Å². The summed E-state index contributed by atoms with van der Waals surface area (Å²) in [6.45, 7) is 0.502. The number of rotatable bonds is 2. The first kappa shape index (κ1) is 12.0. The van der Waals surface area contributed by atoms with Crippen molar-refractivity contribution in [3.05, 3.63) is 0 Å². The molecule has 3 fully saturated rings. The van der Waals surface area contributed by atoms with Crippen LogP contribution in [0.5, 0.6) is 0 Å². The summed E-state index contributed by atoms with van der Waals surface area (Å²) < 4.78 is 0. The smallest absolute Gasteiger partial charge is 0.225 e.